The highest BCUT2D eigenvalue weighted by Crippen LogP contribution is 2.15. The van der Waals surface area contributed by atoms with E-state index in [1.807, 2.05) is 26.0 Å². The molecular formula is C15H18N2O3. The topological polar surface area (TPSA) is 82.2 Å². The van der Waals surface area contributed by atoms with Crippen LogP contribution in [0.3, 0.4) is 0 Å². The number of H-pyrrole nitrogens is 1. The first-order chi connectivity index (χ1) is 9.52. The zero-order valence-electron chi connectivity index (χ0n) is 11.5. The fraction of sp³-hybridized carbons (Fsp3) is 0.333. The van der Waals surface area contributed by atoms with Crippen LogP contribution in [0.1, 0.15) is 30.6 Å². The van der Waals surface area contributed by atoms with Crippen LogP contribution in [0, 0.1) is 5.92 Å². The minimum atomic E-state index is -1.01. The van der Waals surface area contributed by atoms with Gasteiger partial charge in [-0.1, -0.05) is 26.3 Å². The number of hydrogen-bond donors (Lipinski definition) is 3. The SMILES string of the molecule is CC[C@H](C)[C@H](NC(=O)c1ccc2cc[nH]c2c1)C(=O)O. The number of nitrogens with one attached hydrogen (secondary N) is 2. The van der Waals surface area contributed by atoms with Crippen LogP contribution < -0.4 is 5.32 Å². The second kappa shape index (κ2) is 5.77. The lowest BCUT2D eigenvalue weighted by Gasteiger charge is -2.20. The molecule has 0 bridgehead atoms. The Morgan fingerprint density at radius 3 is 2.75 bits per heavy atom. The molecule has 1 aromatic carbocycles. The van der Waals surface area contributed by atoms with Gasteiger partial charge < -0.3 is 15.4 Å². The first kappa shape index (κ1) is 14.1. The maximum Gasteiger partial charge on any atom is 0.326 e. The van der Waals surface area contributed by atoms with Crippen molar-refractivity contribution in [2.75, 3.05) is 0 Å². The minimum Gasteiger partial charge on any atom is -0.480 e. The Morgan fingerprint density at radius 2 is 2.10 bits per heavy atom. The van der Waals surface area contributed by atoms with Crippen LogP contribution in [0.5, 0.6) is 0 Å². The van der Waals surface area contributed by atoms with E-state index in [1.54, 1.807) is 18.3 Å². The van der Waals surface area contributed by atoms with Crippen LogP contribution in [0.2, 0.25) is 0 Å². The smallest absolute Gasteiger partial charge is 0.326 e. The first-order valence-electron chi connectivity index (χ1n) is 6.63. The molecule has 0 unspecified atom stereocenters. The van der Waals surface area contributed by atoms with E-state index in [0.29, 0.717) is 12.0 Å². The van der Waals surface area contributed by atoms with E-state index in [4.69, 9.17) is 0 Å². The number of aromatic nitrogens is 1. The van der Waals surface area contributed by atoms with Crippen LogP contribution in [0.4, 0.5) is 0 Å². The molecule has 0 aliphatic carbocycles. The Labute approximate surface area is 117 Å². The van der Waals surface area contributed by atoms with Crippen molar-refractivity contribution in [3.8, 4) is 0 Å². The second-order valence-corrected chi connectivity index (χ2v) is 4.95. The molecule has 1 heterocycles. The molecule has 2 rings (SSSR count). The summed E-state index contributed by atoms with van der Waals surface area (Å²) in [6.45, 7) is 3.71. The standard InChI is InChI=1S/C15H18N2O3/c1-3-9(2)13(15(19)20)17-14(18)11-5-4-10-6-7-16-12(10)8-11/h4-9,13,16H,3H2,1-2H3,(H,17,18)(H,19,20)/t9-,13-/m0/s1. The Hall–Kier alpha value is -2.30. The quantitative estimate of drug-likeness (QED) is 0.783. The molecule has 0 fully saturated rings. The van der Waals surface area contributed by atoms with Crippen molar-refractivity contribution in [3.05, 3.63) is 36.0 Å². The van der Waals surface area contributed by atoms with Gasteiger partial charge in [-0.05, 0) is 29.5 Å². The van der Waals surface area contributed by atoms with E-state index in [9.17, 15) is 14.7 Å². The van der Waals surface area contributed by atoms with Gasteiger partial charge in [-0.3, -0.25) is 4.79 Å². The number of carbonyl (C=O) groups is 2. The van der Waals surface area contributed by atoms with E-state index < -0.39 is 12.0 Å². The molecular weight excluding hydrogens is 256 g/mol. The summed E-state index contributed by atoms with van der Waals surface area (Å²) in [6, 6.07) is 6.30. The number of aliphatic carboxylic acids is 1. The molecule has 0 spiro atoms. The summed E-state index contributed by atoms with van der Waals surface area (Å²) >= 11 is 0. The van der Waals surface area contributed by atoms with E-state index >= 15 is 0 Å². The third-order valence-corrected chi connectivity index (χ3v) is 3.58. The molecule has 3 N–H and O–H groups in total. The number of aromatic amines is 1. The zero-order valence-corrected chi connectivity index (χ0v) is 11.5. The fourth-order valence-electron chi connectivity index (χ4n) is 2.10. The third-order valence-electron chi connectivity index (χ3n) is 3.58. The molecule has 5 nitrogen and oxygen atoms in total. The number of carboxylic acids is 1. The number of carboxylic acid groups (broad SMARTS) is 1. The molecule has 0 radical (unpaired) electrons. The summed E-state index contributed by atoms with van der Waals surface area (Å²) in [6.07, 6.45) is 2.48. The normalized spacial score (nSPS) is 13.9. The van der Waals surface area contributed by atoms with Gasteiger partial charge in [-0.25, -0.2) is 4.79 Å². The minimum absolute atomic E-state index is 0.120. The molecule has 0 saturated carbocycles. The van der Waals surface area contributed by atoms with Crippen molar-refractivity contribution in [1.29, 1.82) is 0 Å². The molecule has 1 aromatic heterocycles. The van der Waals surface area contributed by atoms with Gasteiger partial charge in [0.1, 0.15) is 6.04 Å². The maximum atomic E-state index is 12.2. The molecule has 5 heteroatoms. The van der Waals surface area contributed by atoms with Gasteiger partial charge in [0, 0.05) is 17.3 Å². The lowest BCUT2D eigenvalue weighted by atomic mass is 9.99. The van der Waals surface area contributed by atoms with Gasteiger partial charge in [-0.15, -0.1) is 0 Å². The molecule has 1 amide bonds. The summed E-state index contributed by atoms with van der Waals surface area (Å²) in [5, 5.41) is 12.8. The van der Waals surface area contributed by atoms with Crippen LogP contribution in [0.25, 0.3) is 10.9 Å². The summed E-state index contributed by atoms with van der Waals surface area (Å²) in [5.74, 6) is -1.49. The van der Waals surface area contributed by atoms with Crippen molar-refractivity contribution < 1.29 is 14.7 Å². The number of benzene rings is 1. The Bertz CT molecular complexity index is 633. The van der Waals surface area contributed by atoms with Crippen LogP contribution >= 0.6 is 0 Å². The predicted octanol–water partition coefficient (Wildman–Crippen LogP) is 2.40. The summed E-state index contributed by atoms with van der Waals surface area (Å²) in [5.41, 5.74) is 1.31. The fourth-order valence-corrected chi connectivity index (χ4v) is 2.10. The van der Waals surface area contributed by atoms with Crippen molar-refractivity contribution in [1.82, 2.24) is 10.3 Å². The van der Waals surface area contributed by atoms with E-state index in [1.165, 1.54) is 0 Å². The maximum absolute atomic E-state index is 12.2. The number of amides is 1. The second-order valence-electron chi connectivity index (χ2n) is 4.95. The van der Waals surface area contributed by atoms with Crippen molar-refractivity contribution in [2.24, 2.45) is 5.92 Å². The van der Waals surface area contributed by atoms with Crippen LogP contribution in [0.15, 0.2) is 30.5 Å². The zero-order chi connectivity index (χ0) is 14.7. The highest BCUT2D eigenvalue weighted by atomic mass is 16.4. The lowest BCUT2D eigenvalue weighted by Crippen LogP contribution is -2.45. The van der Waals surface area contributed by atoms with Gasteiger partial charge in [0.15, 0.2) is 0 Å². The summed E-state index contributed by atoms with van der Waals surface area (Å²) in [4.78, 5) is 26.4. The van der Waals surface area contributed by atoms with Gasteiger partial charge >= 0.3 is 5.97 Å². The average molecular weight is 274 g/mol. The monoisotopic (exact) mass is 274 g/mol. The number of rotatable bonds is 5. The average Bonchev–Trinajstić information content (AvgIpc) is 2.90. The molecule has 106 valence electrons. The highest BCUT2D eigenvalue weighted by Gasteiger charge is 2.25. The van der Waals surface area contributed by atoms with Gasteiger partial charge in [0.05, 0.1) is 0 Å². The summed E-state index contributed by atoms with van der Waals surface area (Å²) in [7, 11) is 0. The van der Waals surface area contributed by atoms with Crippen LogP contribution in [-0.4, -0.2) is 28.0 Å². The van der Waals surface area contributed by atoms with Gasteiger partial charge in [0.25, 0.3) is 5.91 Å². The van der Waals surface area contributed by atoms with Crippen LogP contribution in [-0.2, 0) is 4.79 Å². The first-order valence-corrected chi connectivity index (χ1v) is 6.63. The highest BCUT2D eigenvalue weighted by molar-refractivity contribution is 5.99. The Kier molecular flexibility index (Phi) is 4.08. The van der Waals surface area contributed by atoms with Crippen molar-refractivity contribution in [2.45, 2.75) is 26.3 Å². The largest absolute Gasteiger partial charge is 0.480 e. The Balaban J connectivity index is 2.19. The number of fused-ring (bicyclic) bond motifs is 1. The van der Waals surface area contributed by atoms with E-state index in [0.717, 1.165) is 10.9 Å². The van der Waals surface area contributed by atoms with Crippen molar-refractivity contribution in [3.63, 3.8) is 0 Å². The van der Waals surface area contributed by atoms with E-state index in [-0.39, 0.29) is 11.8 Å². The summed E-state index contributed by atoms with van der Waals surface area (Å²) < 4.78 is 0. The predicted molar refractivity (Wildman–Crippen MR) is 76.6 cm³/mol. The molecule has 0 aliphatic rings. The molecule has 2 atom stereocenters. The van der Waals surface area contributed by atoms with E-state index in [2.05, 4.69) is 10.3 Å². The lowest BCUT2D eigenvalue weighted by molar-refractivity contribution is -0.140. The molecule has 0 saturated heterocycles. The van der Waals surface area contributed by atoms with Crippen molar-refractivity contribution >= 4 is 22.8 Å². The number of carbonyl (C=O) groups excluding carboxylic acids is 1. The van der Waals surface area contributed by atoms with Gasteiger partial charge in [-0.2, -0.15) is 0 Å². The number of hydrogen-bond acceptors (Lipinski definition) is 2. The molecule has 2 aromatic rings. The molecule has 20 heavy (non-hydrogen) atoms. The molecule has 0 aliphatic heterocycles. The Morgan fingerprint density at radius 1 is 1.35 bits per heavy atom. The van der Waals surface area contributed by atoms with Gasteiger partial charge in [0.2, 0.25) is 0 Å². The third kappa shape index (κ3) is 2.82.